The van der Waals surface area contributed by atoms with Crippen molar-refractivity contribution in [2.24, 2.45) is 0 Å². The molecule has 17 heavy (non-hydrogen) atoms. The van der Waals surface area contributed by atoms with Gasteiger partial charge in [-0.25, -0.2) is 4.79 Å². The van der Waals surface area contributed by atoms with Gasteiger partial charge in [-0.2, -0.15) is 0 Å². The van der Waals surface area contributed by atoms with E-state index in [-0.39, 0.29) is 12.5 Å². The maximum atomic E-state index is 12.1. The van der Waals surface area contributed by atoms with Crippen LogP contribution in [0.15, 0.2) is 18.2 Å². The van der Waals surface area contributed by atoms with E-state index < -0.39 is 12.0 Å². The van der Waals surface area contributed by atoms with Gasteiger partial charge in [0.25, 0.3) is 5.91 Å². The van der Waals surface area contributed by atoms with E-state index in [0.29, 0.717) is 11.3 Å². The third kappa shape index (κ3) is 1.95. The minimum Gasteiger partial charge on any atom is -0.490 e. The summed E-state index contributed by atoms with van der Waals surface area (Å²) in [5.74, 6) is -0.949. The first-order chi connectivity index (χ1) is 8.00. The predicted molar refractivity (Wildman–Crippen MR) is 60.2 cm³/mol. The lowest BCUT2D eigenvalue weighted by Crippen LogP contribution is -2.44. The third-order valence-electron chi connectivity index (χ3n) is 2.84. The number of hydrogen-bond donors (Lipinski definition) is 1. The topological polar surface area (TPSA) is 66.8 Å². The summed E-state index contributed by atoms with van der Waals surface area (Å²) in [6, 6.07) is 4.28. The Kier molecular flexibility index (Phi) is 2.75. The van der Waals surface area contributed by atoms with Crippen LogP contribution in [0, 0.1) is 6.92 Å². The molecule has 1 aromatic rings. The molecule has 5 heteroatoms. The van der Waals surface area contributed by atoms with Crippen LogP contribution in [-0.2, 0) is 4.79 Å². The van der Waals surface area contributed by atoms with E-state index in [1.54, 1.807) is 12.1 Å². The van der Waals surface area contributed by atoms with Crippen LogP contribution in [-0.4, -0.2) is 41.6 Å². The van der Waals surface area contributed by atoms with E-state index in [1.165, 1.54) is 11.9 Å². The number of fused-ring (bicyclic) bond motifs is 1. The first-order valence-electron chi connectivity index (χ1n) is 5.24. The minimum atomic E-state index is -1.06. The largest absolute Gasteiger partial charge is 0.490 e. The lowest BCUT2D eigenvalue weighted by atomic mass is 10.1. The molecule has 0 bridgehead atoms. The van der Waals surface area contributed by atoms with Gasteiger partial charge in [-0.3, -0.25) is 4.79 Å². The highest BCUT2D eigenvalue weighted by atomic mass is 16.5. The van der Waals surface area contributed by atoms with Gasteiger partial charge in [0.15, 0.2) is 6.04 Å². The minimum absolute atomic E-state index is 0.0341. The van der Waals surface area contributed by atoms with Crippen LogP contribution in [0.5, 0.6) is 5.75 Å². The van der Waals surface area contributed by atoms with Crippen molar-refractivity contribution < 1.29 is 19.4 Å². The van der Waals surface area contributed by atoms with Crippen LogP contribution >= 0.6 is 0 Å². The summed E-state index contributed by atoms with van der Waals surface area (Å²) >= 11 is 0. The molecule has 0 fully saturated rings. The van der Waals surface area contributed by atoms with Crippen LogP contribution < -0.4 is 4.74 Å². The Labute approximate surface area is 98.6 Å². The number of aliphatic carboxylic acids is 1. The Balaban J connectivity index is 2.44. The number of likely N-dealkylation sites (N-methyl/N-ethyl adjacent to an activating group) is 1. The molecule has 0 aliphatic carbocycles. The van der Waals surface area contributed by atoms with E-state index >= 15 is 0 Å². The summed E-state index contributed by atoms with van der Waals surface area (Å²) in [5, 5.41) is 9.01. The lowest BCUT2D eigenvalue weighted by Gasteiger charge is -2.20. The highest BCUT2D eigenvalue weighted by Gasteiger charge is 2.32. The monoisotopic (exact) mass is 235 g/mol. The number of rotatable bonds is 1. The van der Waals surface area contributed by atoms with Gasteiger partial charge in [-0.05, 0) is 19.1 Å². The zero-order valence-electron chi connectivity index (χ0n) is 9.64. The number of aryl methyl sites for hydroxylation is 1. The SMILES string of the molecule is Cc1ccc2c(c1)C(=O)N(C)C(C(=O)O)CO2. The molecule has 2 rings (SSSR count). The van der Waals surface area contributed by atoms with Crippen molar-refractivity contribution in [3.63, 3.8) is 0 Å². The average molecular weight is 235 g/mol. The molecular weight excluding hydrogens is 222 g/mol. The fraction of sp³-hybridized carbons (Fsp3) is 0.333. The number of carbonyl (C=O) groups is 2. The van der Waals surface area contributed by atoms with Crippen LogP contribution in [0.3, 0.4) is 0 Å². The Morgan fingerprint density at radius 2 is 2.24 bits per heavy atom. The van der Waals surface area contributed by atoms with Crippen molar-refractivity contribution in [3.8, 4) is 5.75 Å². The van der Waals surface area contributed by atoms with Crippen LogP contribution in [0.2, 0.25) is 0 Å². The molecule has 1 aliphatic heterocycles. The first kappa shape index (κ1) is 11.4. The van der Waals surface area contributed by atoms with Crippen LogP contribution in [0.4, 0.5) is 0 Å². The lowest BCUT2D eigenvalue weighted by molar-refractivity contribution is -0.142. The van der Waals surface area contributed by atoms with Crippen molar-refractivity contribution in [1.82, 2.24) is 4.90 Å². The second kappa shape index (κ2) is 4.08. The number of carboxylic acids is 1. The highest BCUT2D eigenvalue weighted by Crippen LogP contribution is 2.25. The van der Waals surface area contributed by atoms with Gasteiger partial charge in [-0.15, -0.1) is 0 Å². The fourth-order valence-electron chi connectivity index (χ4n) is 1.79. The molecule has 1 amide bonds. The predicted octanol–water partition coefficient (Wildman–Crippen LogP) is 0.913. The van der Waals surface area contributed by atoms with Gasteiger partial charge in [0.05, 0.1) is 5.56 Å². The quantitative estimate of drug-likeness (QED) is 0.785. The molecule has 1 heterocycles. The highest BCUT2D eigenvalue weighted by molar-refractivity contribution is 5.99. The fourth-order valence-corrected chi connectivity index (χ4v) is 1.79. The Morgan fingerprint density at radius 3 is 2.88 bits per heavy atom. The molecule has 0 radical (unpaired) electrons. The van der Waals surface area contributed by atoms with E-state index in [2.05, 4.69) is 0 Å². The molecular formula is C12H13NO4. The molecule has 0 saturated heterocycles. The molecule has 0 spiro atoms. The molecule has 1 aliphatic rings. The number of carboxylic acid groups (broad SMARTS) is 1. The number of nitrogens with zero attached hydrogens (tertiary/aromatic N) is 1. The van der Waals surface area contributed by atoms with Gasteiger partial charge in [0.1, 0.15) is 12.4 Å². The third-order valence-corrected chi connectivity index (χ3v) is 2.84. The zero-order valence-corrected chi connectivity index (χ0v) is 9.64. The van der Waals surface area contributed by atoms with E-state index in [4.69, 9.17) is 9.84 Å². The van der Waals surface area contributed by atoms with E-state index in [9.17, 15) is 9.59 Å². The summed E-state index contributed by atoms with van der Waals surface area (Å²) in [6.07, 6.45) is 0. The summed E-state index contributed by atoms with van der Waals surface area (Å²) < 4.78 is 5.37. The molecule has 1 N–H and O–H groups in total. The molecule has 0 saturated carbocycles. The van der Waals surface area contributed by atoms with Crippen molar-refractivity contribution in [2.45, 2.75) is 13.0 Å². The zero-order chi connectivity index (χ0) is 12.6. The molecule has 1 unspecified atom stereocenters. The molecule has 1 aromatic carbocycles. The summed E-state index contributed by atoms with van der Waals surface area (Å²) in [4.78, 5) is 24.3. The summed E-state index contributed by atoms with van der Waals surface area (Å²) in [5.41, 5.74) is 1.35. The first-order valence-corrected chi connectivity index (χ1v) is 5.24. The summed E-state index contributed by atoms with van der Waals surface area (Å²) in [6.45, 7) is 1.83. The average Bonchev–Trinajstić information content (AvgIpc) is 2.39. The molecule has 1 atom stereocenters. The standard InChI is InChI=1S/C12H13NO4/c1-7-3-4-10-8(5-7)11(14)13(2)9(6-17-10)12(15)16/h3-5,9H,6H2,1-2H3,(H,15,16). The Hall–Kier alpha value is -2.04. The number of amides is 1. The number of benzene rings is 1. The number of carbonyl (C=O) groups excluding carboxylic acids is 1. The second-order valence-corrected chi connectivity index (χ2v) is 4.08. The second-order valence-electron chi connectivity index (χ2n) is 4.08. The van der Waals surface area contributed by atoms with Gasteiger partial charge in [-0.1, -0.05) is 11.6 Å². The van der Waals surface area contributed by atoms with E-state index in [1.807, 2.05) is 13.0 Å². The maximum absolute atomic E-state index is 12.1. The van der Waals surface area contributed by atoms with E-state index in [0.717, 1.165) is 5.56 Å². The van der Waals surface area contributed by atoms with Gasteiger partial charge in [0.2, 0.25) is 0 Å². The van der Waals surface area contributed by atoms with Crippen LogP contribution in [0.25, 0.3) is 0 Å². The molecule has 90 valence electrons. The Morgan fingerprint density at radius 1 is 1.53 bits per heavy atom. The number of hydrogen-bond acceptors (Lipinski definition) is 3. The van der Waals surface area contributed by atoms with Crippen molar-refractivity contribution in [3.05, 3.63) is 29.3 Å². The number of ether oxygens (including phenoxy) is 1. The van der Waals surface area contributed by atoms with Gasteiger partial charge < -0.3 is 14.7 Å². The van der Waals surface area contributed by atoms with Crippen molar-refractivity contribution in [1.29, 1.82) is 0 Å². The van der Waals surface area contributed by atoms with Crippen molar-refractivity contribution >= 4 is 11.9 Å². The molecule has 0 aromatic heterocycles. The smallest absolute Gasteiger partial charge is 0.330 e. The van der Waals surface area contributed by atoms with Gasteiger partial charge in [0, 0.05) is 7.05 Å². The van der Waals surface area contributed by atoms with Crippen LogP contribution in [0.1, 0.15) is 15.9 Å². The summed E-state index contributed by atoms with van der Waals surface area (Å²) in [7, 11) is 1.47. The Bertz CT molecular complexity index is 483. The van der Waals surface area contributed by atoms with Crippen molar-refractivity contribution in [2.75, 3.05) is 13.7 Å². The van der Waals surface area contributed by atoms with Gasteiger partial charge >= 0.3 is 5.97 Å². The normalized spacial score (nSPS) is 19.3. The molecule has 5 nitrogen and oxygen atoms in total. The maximum Gasteiger partial charge on any atom is 0.330 e.